The van der Waals surface area contributed by atoms with Gasteiger partial charge in [-0.2, -0.15) is 0 Å². The van der Waals surface area contributed by atoms with E-state index in [1.54, 1.807) is 16.2 Å². The van der Waals surface area contributed by atoms with Gasteiger partial charge in [-0.3, -0.25) is 9.59 Å². The Morgan fingerprint density at radius 2 is 1.79 bits per heavy atom. The highest BCUT2D eigenvalue weighted by Crippen LogP contribution is 2.25. The van der Waals surface area contributed by atoms with Crippen LogP contribution in [0.4, 0.5) is 10.1 Å². The molecule has 2 heterocycles. The third-order valence-corrected chi connectivity index (χ3v) is 7.12. The predicted octanol–water partition coefficient (Wildman–Crippen LogP) is 5.52. The zero-order valence-corrected chi connectivity index (χ0v) is 19.4. The van der Waals surface area contributed by atoms with E-state index in [0.29, 0.717) is 18.7 Å². The molecule has 1 unspecified atom stereocenters. The monoisotopic (exact) mass is 473 g/mol. The van der Waals surface area contributed by atoms with Crippen LogP contribution in [0.25, 0.3) is 10.2 Å². The normalized spacial score (nSPS) is 15.9. The molecule has 1 aliphatic heterocycles. The Labute approximate surface area is 201 Å². The van der Waals surface area contributed by atoms with Gasteiger partial charge in [0.05, 0.1) is 21.1 Å². The number of aromatic nitrogens is 1. The summed E-state index contributed by atoms with van der Waals surface area (Å²) in [6.45, 7) is 0.957. The second kappa shape index (κ2) is 9.73. The highest BCUT2D eigenvalue weighted by atomic mass is 32.1. The first-order valence-electron chi connectivity index (χ1n) is 11.3. The number of fused-ring (bicyclic) bond motifs is 1. The molecule has 1 fully saturated rings. The molecule has 1 N–H and O–H groups in total. The zero-order valence-electron chi connectivity index (χ0n) is 18.5. The SMILES string of the molecule is O=C(Nc1ccc(Cc2nc3ccccc3s2)cc1)C1CCCN(C(=O)c2ccc(F)cc2)C1. The van der Waals surface area contributed by atoms with Crippen molar-refractivity contribution in [2.45, 2.75) is 19.3 Å². The minimum absolute atomic E-state index is 0.0875. The number of thiazole rings is 1. The summed E-state index contributed by atoms with van der Waals surface area (Å²) in [7, 11) is 0. The maximum Gasteiger partial charge on any atom is 0.253 e. The number of rotatable bonds is 5. The van der Waals surface area contributed by atoms with Crippen LogP contribution < -0.4 is 5.32 Å². The fraction of sp³-hybridized carbons (Fsp3) is 0.222. The summed E-state index contributed by atoms with van der Waals surface area (Å²) in [5.41, 5.74) is 3.32. The van der Waals surface area contributed by atoms with Crippen LogP contribution >= 0.6 is 11.3 Å². The quantitative estimate of drug-likeness (QED) is 0.415. The van der Waals surface area contributed by atoms with E-state index in [9.17, 15) is 14.0 Å². The Hall–Kier alpha value is -3.58. The summed E-state index contributed by atoms with van der Waals surface area (Å²) in [6.07, 6.45) is 2.23. The van der Waals surface area contributed by atoms with Crippen LogP contribution in [-0.2, 0) is 11.2 Å². The van der Waals surface area contributed by atoms with E-state index >= 15 is 0 Å². The molecular weight excluding hydrogens is 449 g/mol. The zero-order chi connectivity index (χ0) is 23.5. The summed E-state index contributed by atoms with van der Waals surface area (Å²) in [5.74, 6) is -0.911. The number of para-hydroxylation sites is 1. The Balaban J connectivity index is 1.19. The van der Waals surface area contributed by atoms with E-state index in [2.05, 4.69) is 16.4 Å². The fourth-order valence-corrected chi connectivity index (χ4v) is 5.27. The van der Waals surface area contributed by atoms with Gasteiger partial charge in [-0.05, 0) is 66.9 Å². The number of benzene rings is 3. The molecule has 172 valence electrons. The number of hydrogen-bond acceptors (Lipinski definition) is 4. The first-order valence-corrected chi connectivity index (χ1v) is 12.2. The molecule has 2 amide bonds. The Morgan fingerprint density at radius 1 is 1.03 bits per heavy atom. The van der Waals surface area contributed by atoms with Crippen molar-refractivity contribution in [2.24, 2.45) is 5.92 Å². The number of likely N-dealkylation sites (tertiary alicyclic amines) is 1. The third kappa shape index (κ3) is 4.99. The van der Waals surface area contributed by atoms with Crippen molar-refractivity contribution in [3.8, 4) is 0 Å². The van der Waals surface area contributed by atoms with Gasteiger partial charge in [0.25, 0.3) is 5.91 Å². The lowest BCUT2D eigenvalue weighted by Crippen LogP contribution is -2.43. The number of piperidine rings is 1. The number of hydrogen-bond donors (Lipinski definition) is 1. The molecule has 0 saturated carbocycles. The summed E-state index contributed by atoms with van der Waals surface area (Å²) in [6, 6.07) is 21.5. The lowest BCUT2D eigenvalue weighted by atomic mass is 9.96. The van der Waals surface area contributed by atoms with Gasteiger partial charge >= 0.3 is 0 Å². The number of nitrogens with zero attached hydrogens (tertiary/aromatic N) is 2. The molecule has 34 heavy (non-hydrogen) atoms. The van der Waals surface area contributed by atoms with Crippen LogP contribution in [-0.4, -0.2) is 34.8 Å². The molecule has 3 aromatic carbocycles. The smallest absolute Gasteiger partial charge is 0.253 e. The van der Waals surface area contributed by atoms with Crippen LogP contribution in [0, 0.1) is 11.7 Å². The largest absolute Gasteiger partial charge is 0.338 e. The van der Waals surface area contributed by atoms with E-state index < -0.39 is 0 Å². The number of carbonyl (C=O) groups is 2. The van der Waals surface area contributed by atoms with Crippen molar-refractivity contribution in [1.29, 1.82) is 0 Å². The third-order valence-electron chi connectivity index (χ3n) is 6.09. The molecule has 1 atom stereocenters. The second-order valence-corrected chi connectivity index (χ2v) is 9.65. The minimum atomic E-state index is -0.376. The molecule has 4 aromatic rings. The van der Waals surface area contributed by atoms with E-state index in [-0.39, 0.29) is 23.5 Å². The van der Waals surface area contributed by atoms with Crippen molar-refractivity contribution in [2.75, 3.05) is 18.4 Å². The van der Waals surface area contributed by atoms with Gasteiger partial charge in [-0.1, -0.05) is 24.3 Å². The molecule has 5 rings (SSSR count). The van der Waals surface area contributed by atoms with Gasteiger partial charge in [0.15, 0.2) is 0 Å². The maximum absolute atomic E-state index is 13.2. The summed E-state index contributed by atoms with van der Waals surface area (Å²) < 4.78 is 14.3. The van der Waals surface area contributed by atoms with Crippen molar-refractivity contribution in [3.05, 3.63) is 94.7 Å². The van der Waals surface area contributed by atoms with Crippen LogP contribution in [0.5, 0.6) is 0 Å². The van der Waals surface area contributed by atoms with Crippen LogP contribution in [0.1, 0.15) is 33.8 Å². The lowest BCUT2D eigenvalue weighted by Gasteiger charge is -2.32. The maximum atomic E-state index is 13.2. The number of carbonyl (C=O) groups excluding carboxylic acids is 2. The first kappa shape index (κ1) is 22.2. The standard InChI is InChI=1S/C27H24FN3O2S/c28-21-11-9-19(10-12-21)27(33)31-15-3-4-20(17-31)26(32)29-22-13-7-18(8-14-22)16-25-30-23-5-1-2-6-24(23)34-25/h1-2,5-14,20H,3-4,15-17H2,(H,29,32). The van der Waals surface area contributed by atoms with Crippen molar-refractivity contribution in [1.82, 2.24) is 9.88 Å². The number of nitrogens with one attached hydrogen (secondary N) is 1. The molecule has 5 nitrogen and oxygen atoms in total. The molecule has 0 radical (unpaired) electrons. The summed E-state index contributed by atoms with van der Waals surface area (Å²) in [4.78, 5) is 32.0. The second-order valence-electron chi connectivity index (χ2n) is 8.54. The summed E-state index contributed by atoms with van der Waals surface area (Å²) in [5, 5.41) is 4.05. The van der Waals surface area contributed by atoms with Crippen LogP contribution in [0.2, 0.25) is 0 Å². The van der Waals surface area contributed by atoms with Gasteiger partial charge in [-0.25, -0.2) is 9.37 Å². The minimum Gasteiger partial charge on any atom is -0.338 e. The van der Waals surface area contributed by atoms with E-state index in [0.717, 1.165) is 41.0 Å². The molecule has 0 spiro atoms. The average molecular weight is 474 g/mol. The first-order chi connectivity index (χ1) is 16.5. The number of halogens is 1. The predicted molar refractivity (Wildman–Crippen MR) is 133 cm³/mol. The highest BCUT2D eigenvalue weighted by Gasteiger charge is 2.29. The Bertz CT molecular complexity index is 1280. The molecule has 0 aliphatic carbocycles. The van der Waals surface area contributed by atoms with Crippen molar-refractivity contribution >= 4 is 39.1 Å². The van der Waals surface area contributed by atoms with Gasteiger partial charge in [0.1, 0.15) is 5.82 Å². The molecule has 1 saturated heterocycles. The molecule has 0 bridgehead atoms. The summed E-state index contributed by atoms with van der Waals surface area (Å²) >= 11 is 1.70. The van der Waals surface area contributed by atoms with Gasteiger partial charge in [0.2, 0.25) is 5.91 Å². The van der Waals surface area contributed by atoms with E-state index in [4.69, 9.17) is 0 Å². The topological polar surface area (TPSA) is 62.3 Å². The van der Waals surface area contributed by atoms with Gasteiger partial charge in [0, 0.05) is 30.8 Å². The van der Waals surface area contributed by atoms with Crippen molar-refractivity contribution in [3.63, 3.8) is 0 Å². The van der Waals surface area contributed by atoms with E-state index in [1.807, 2.05) is 42.5 Å². The van der Waals surface area contributed by atoms with Gasteiger partial charge < -0.3 is 10.2 Å². The number of amides is 2. The average Bonchev–Trinajstić information content (AvgIpc) is 3.28. The highest BCUT2D eigenvalue weighted by molar-refractivity contribution is 7.18. The van der Waals surface area contributed by atoms with Crippen LogP contribution in [0.3, 0.4) is 0 Å². The number of anilines is 1. The fourth-order valence-electron chi connectivity index (χ4n) is 4.27. The van der Waals surface area contributed by atoms with Crippen molar-refractivity contribution < 1.29 is 14.0 Å². The molecular formula is C27H24FN3O2S. The Morgan fingerprint density at radius 3 is 2.56 bits per heavy atom. The molecule has 1 aliphatic rings. The lowest BCUT2D eigenvalue weighted by molar-refractivity contribution is -0.121. The molecule has 1 aromatic heterocycles. The Kier molecular flexibility index (Phi) is 6.36. The van der Waals surface area contributed by atoms with Crippen LogP contribution in [0.15, 0.2) is 72.8 Å². The van der Waals surface area contributed by atoms with Gasteiger partial charge in [-0.15, -0.1) is 11.3 Å². The van der Waals surface area contributed by atoms with E-state index in [1.165, 1.54) is 29.0 Å². The molecule has 7 heteroatoms.